The normalized spacial score (nSPS) is 16.9. The molecule has 2 N–H and O–H groups in total. The molecule has 6 nitrogen and oxygen atoms in total. The number of carbonyl (C=O) groups excluding carboxylic acids is 1. The van der Waals surface area contributed by atoms with E-state index in [4.69, 9.17) is 9.73 Å². The number of aliphatic imine (C=N–C) groups is 1. The lowest BCUT2D eigenvalue weighted by Crippen LogP contribution is -2.39. The van der Waals surface area contributed by atoms with Crippen LogP contribution in [-0.2, 0) is 14.9 Å². The minimum atomic E-state index is -0.919. The van der Waals surface area contributed by atoms with Crippen LogP contribution in [0, 0.1) is 0 Å². The van der Waals surface area contributed by atoms with Crippen LogP contribution in [0.2, 0.25) is 0 Å². The van der Waals surface area contributed by atoms with E-state index >= 15 is 0 Å². The minimum Gasteiger partial charge on any atom is -0.481 e. The number of ether oxygens (including phenoxy) is 1. The van der Waals surface area contributed by atoms with Gasteiger partial charge in [0.15, 0.2) is 5.90 Å². The Morgan fingerprint density at radius 1 is 0.919 bits per heavy atom. The monoisotopic (exact) mass is 494 g/mol. The molecule has 0 spiro atoms. The summed E-state index contributed by atoms with van der Waals surface area (Å²) in [5.74, 6) is 0.0298. The first-order valence-corrected chi connectivity index (χ1v) is 12.7. The van der Waals surface area contributed by atoms with Gasteiger partial charge in [-0.2, -0.15) is 0 Å². The van der Waals surface area contributed by atoms with E-state index in [1.165, 1.54) is 5.56 Å². The maximum atomic E-state index is 13.2. The second-order valence-electron chi connectivity index (χ2n) is 9.53. The Kier molecular flexibility index (Phi) is 7.17. The number of hydrogen-bond acceptors (Lipinski definition) is 4. The summed E-state index contributed by atoms with van der Waals surface area (Å²) >= 11 is 0. The summed E-state index contributed by atoms with van der Waals surface area (Å²) in [7, 11) is 0. The van der Waals surface area contributed by atoms with E-state index in [-0.39, 0.29) is 24.2 Å². The van der Waals surface area contributed by atoms with E-state index in [1.54, 1.807) is 12.1 Å². The smallest absolute Gasteiger partial charge is 0.303 e. The highest BCUT2D eigenvalue weighted by Gasteiger charge is 2.51. The van der Waals surface area contributed by atoms with Gasteiger partial charge in [0.05, 0.1) is 11.5 Å². The highest BCUT2D eigenvalue weighted by molar-refractivity contribution is 5.95. The van der Waals surface area contributed by atoms with Crippen molar-refractivity contribution in [3.8, 4) is 11.1 Å². The van der Waals surface area contributed by atoms with Crippen molar-refractivity contribution < 1.29 is 19.4 Å². The zero-order valence-corrected chi connectivity index (χ0v) is 20.6. The summed E-state index contributed by atoms with van der Waals surface area (Å²) in [5.41, 5.74) is 3.51. The van der Waals surface area contributed by atoms with Crippen LogP contribution >= 0.6 is 0 Å². The number of benzene rings is 3. The van der Waals surface area contributed by atoms with E-state index < -0.39 is 12.0 Å². The number of amides is 1. The first kappa shape index (κ1) is 24.5. The number of carbonyl (C=O) groups is 2. The standard InChI is InChI=1S/C31H30N2O4/c34-28(35)18-17-26(33-29(36)24-15-13-23(14-16-24)22-8-3-1-4-9-22)27-12-7-21-32-30(37-27)31(19-20-31)25-10-5-2-6-11-25/h1-6,8-16,26H,7,17-21H2,(H,33,36)(H,34,35)/t26-/m0/s1. The molecule has 1 saturated carbocycles. The van der Waals surface area contributed by atoms with Gasteiger partial charge in [-0.25, -0.2) is 0 Å². The summed E-state index contributed by atoms with van der Waals surface area (Å²) in [6, 6.07) is 27.0. The molecule has 1 aliphatic carbocycles. The second-order valence-corrected chi connectivity index (χ2v) is 9.53. The fraction of sp³-hybridized carbons (Fsp3) is 0.258. The Bertz CT molecular complexity index is 1310. The number of carboxylic acid groups (broad SMARTS) is 1. The summed E-state index contributed by atoms with van der Waals surface area (Å²) in [6.45, 7) is 0.591. The molecule has 188 valence electrons. The van der Waals surface area contributed by atoms with Gasteiger partial charge in [0.25, 0.3) is 5.91 Å². The lowest BCUT2D eigenvalue weighted by molar-refractivity contribution is -0.137. The van der Waals surface area contributed by atoms with Crippen molar-refractivity contribution in [1.29, 1.82) is 0 Å². The Hall–Kier alpha value is -4.19. The second kappa shape index (κ2) is 10.8. The molecular formula is C31H30N2O4. The van der Waals surface area contributed by atoms with Crippen LogP contribution in [0.25, 0.3) is 11.1 Å². The maximum absolute atomic E-state index is 13.2. The zero-order valence-electron chi connectivity index (χ0n) is 20.6. The van der Waals surface area contributed by atoms with Crippen molar-refractivity contribution in [3.63, 3.8) is 0 Å². The van der Waals surface area contributed by atoms with Gasteiger partial charge in [0.1, 0.15) is 5.76 Å². The van der Waals surface area contributed by atoms with Crippen molar-refractivity contribution in [2.24, 2.45) is 4.99 Å². The minimum absolute atomic E-state index is 0.0884. The van der Waals surface area contributed by atoms with Crippen LogP contribution < -0.4 is 5.32 Å². The third kappa shape index (κ3) is 5.64. The largest absolute Gasteiger partial charge is 0.481 e. The lowest BCUT2D eigenvalue weighted by atomic mass is 9.95. The van der Waals surface area contributed by atoms with E-state index in [1.807, 2.05) is 66.7 Å². The molecule has 37 heavy (non-hydrogen) atoms. The van der Waals surface area contributed by atoms with Crippen LogP contribution in [0.15, 0.2) is 102 Å². The van der Waals surface area contributed by atoms with Gasteiger partial charge in [0.2, 0.25) is 0 Å². The summed E-state index contributed by atoms with van der Waals surface area (Å²) in [6.07, 6.45) is 4.62. The van der Waals surface area contributed by atoms with E-state index in [2.05, 4.69) is 17.4 Å². The number of rotatable bonds is 9. The summed E-state index contributed by atoms with van der Waals surface area (Å²) in [5, 5.41) is 12.4. The van der Waals surface area contributed by atoms with Crippen molar-refractivity contribution >= 4 is 17.8 Å². The molecule has 0 saturated heterocycles. The topological polar surface area (TPSA) is 88.0 Å². The Morgan fingerprint density at radius 3 is 2.22 bits per heavy atom. The first-order valence-electron chi connectivity index (χ1n) is 12.7. The molecule has 1 fully saturated rings. The van der Waals surface area contributed by atoms with Gasteiger partial charge in [-0.3, -0.25) is 14.6 Å². The van der Waals surface area contributed by atoms with E-state index in [9.17, 15) is 14.7 Å². The number of nitrogens with one attached hydrogen (secondary N) is 1. The van der Waals surface area contributed by atoms with Gasteiger partial charge in [-0.05, 0) is 60.6 Å². The Balaban J connectivity index is 1.34. The molecule has 1 heterocycles. The van der Waals surface area contributed by atoms with E-state index in [0.29, 0.717) is 30.2 Å². The summed E-state index contributed by atoms with van der Waals surface area (Å²) < 4.78 is 6.40. The number of carboxylic acids is 1. The number of aliphatic carboxylic acids is 1. The lowest BCUT2D eigenvalue weighted by Gasteiger charge is -2.25. The maximum Gasteiger partial charge on any atom is 0.303 e. The fourth-order valence-electron chi connectivity index (χ4n) is 4.77. The van der Waals surface area contributed by atoms with Gasteiger partial charge >= 0.3 is 5.97 Å². The Morgan fingerprint density at radius 2 is 1.57 bits per heavy atom. The molecule has 1 aliphatic heterocycles. The molecule has 1 amide bonds. The molecular weight excluding hydrogens is 464 g/mol. The third-order valence-electron chi connectivity index (χ3n) is 6.98. The van der Waals surface area contributed by atoms with Crippen molar-refractivity contribution in [1.82, 2.24) is 5.32 Å². The average molecular weight is 495 g/mol. The van der Waals surface area contributed by atoms with Gasteiger partial charge in [0, 0.05) is 18.5 Å². The van der Waals surface area contributed by atoms with Crippen molar-refractivity contribution in [2.45, 2.75) is 43.6 Å². The van der Waals surface area contributed by atoms with Crippen LogP contribution in [0.5, 0.6) is 0 Å². The van der Waals surface area contributed by atoms with Crippen LogP contribution in [0.3, 0.4) is 0 Å². The van der Waals surface area contributed by atoms with Crippen LogP contribution in [0.4, 0.5) is 0 Å². The van der Waals surface area contributed by atoms with Crippen LogP contribution in [0.1, 0.15) is 48.0 Å². The molecule has 0 unspecified atom stereocenters. The quantitative estimate of drug-likeness (QED) is 0.396. The number of nitrogens with zero attached hydrogens (tertiary/aromatic N) is 1. The first-order chi connectivity index (χ1) is 18.0. The molecule has 3 aromatic rings. The third-order valence-corrected chi connectivity index (χ3v) is 6.98. The molecule has 1 atom stereocenters. The average Bonchev–Trinajstić information content (AvgIpc) is 3.77. The molecule has 0 bridgehead atoms. The predicted octanol–water partition coefficient (Wildman–Crippen LogP) is 5.75. The SMILES string of the molecule is O=C(O)CC[C@H](NC(=O)c1ccc(-c2ccccc2)cc1)C1=CCCN=C(C2(c3ccccc3)CC2)O1. The fourth-order valence-corrected chi connectivity index (χ4v) is 4.77. The predicted molar refractivity (Wildman–Crippen MR) is 143 cm³/mol. The highest BCUT2D eigenvalue weighted by Crippen LogP contribution is 2.50. The van der Waals surface area contributed by atoms with Crippen LogP contribution in [-0.4, -0.2) is 35.5 Å². The highest BCUT2D eigenvalue weighted by atomic mass is 16.5. The zero-order chi connectivity index (χ0) is 25.7. The molecule has 0 radical (unpaired) electrons. The Labute approximate surface area is 216 Å². The number of hydrogen-bond donors (Lipinski definition) is 2. The molecule has 2 aliphatic rings. The molecule has 5 rings (SSSR count). The molecule has 0 aromatic heterocycles. The van der Waals surface area contributed by atoms with Gasteiger partial charge in [-0.15, -0.1) is 0 Å². The van der Waals surface area contributed by atoms with Crippen molar-refractivity contribution in [3.05, 3.63) is 108 Å². The summed E-state index contributed by atoms with van der Waals surface area (Å²) in [4.78, 5) is 29.4. The molecule has 3 aromatic carbocycles. The van der Waals surface area contributed by atoms with Crippen molar-refractivity contribution in [2.75, 3.05) is 6.54 Å². The molecule has 6 heteroatoms. The van der Waals surface area contributed by atoms with Gasteiger partial charge < -0.3 is 15.2 Å². The van der Waals surface area contributed by atoms with E-state index in [0.717, 1.165) is 24.0 Å². The van der Waals surface area contributed by atoms with Gasteiger partial charge in [-0.1, -0.05) is 72.8 Å².